The molecule has 1 aromatic heterocycles. The maximum atomic E-state index is 13.7. The van der Waals surface area contributed by atoms with Crippen LogP contribution in [-0.4, -0.2) is 31.9 Å². The smallest absolute Gasteiger partial charge is 0.344 e. The van der Waals surface area contributed by atoms with Gasteiger partial charge in [0.15, 0.2) is 18.1 Å². The number of ether oxygens (including phenoxy) is 4. The number of benzene rings is 2. The van der Waals surface area contributed by atoms with Crippen molar-refractivity contribution in [2.45, 2.75) is 125 Å². The molecule has 1 aliphatic heterocycles. The third-order valence-electron chi connectivity index (χ3n) is 15.0. The number of allylic oxidation sites excluding steroid dienone is 1. The molecule has 296 valence electrons. The number of aryl methyl sites for hydroxylation is 1. The molecule has 0 radical (unpaired) electrons. The van der Waals surface area contributed by atoms with E-state index in [4.69, 9.17) is 23.4 Å². The van der Waals surface area contributed by atoms with E-state index in [-0.39, 0.29) is 29.5 Å². The maximum Gasteiger partial charge on any atom is 0.344 e. The van der Waals surface area contributed by atoms with Gasteiger partial charge >= 0.3 is 5.97 Å². The number of hydrogen-bond donors (Lipinski definition) is 0. The molecule has 0 N–H and O–H groups in total. The molecule has 0 saturated heterocycles. The Bertz CT molecular complexity index is 1990. The number of rotatable bonds is 10. The van der Waals surface area contributed by atoms with Crippen LogP contribution in [0, 0.1) is 53.3 Å². The largest absolute Gasteiger partial charge is 0.490 e. The molecule has 3 fully saturated rings. The van der Waals surface area contributed by atoms with Crippen molar-refractivity contribution in [3.63, 3.8) is 0 Å². The summed E-state index contributed by atoms with van der Waals surface area (Å²) in [4.78, 5) is 26.8. The van der Waals surface area contributed by atoms with Gasteiger partial charge in [0.1, 0.15) is 23.2 Å². The molecule has 7 nitrogen and oxygen atoms in total. The summed E-state index contributed by atoms with van der Waals surface area (Å²) in [5, 5.41) is 0.442. The first-order valence-corrected chi connectivity index (χ1v) is 21.4. The van der Waals surface area contributed by atoms with Gasteiger partial charge in [-0.2, -0.15) is 0 Å². The van der Waals surface area contributed by atoms with Crippen LogP contribution in [0.3, 0.4) is 0 Å². The van der Waals surface area contributed by atoms with Gasteiger partial charge in [0.05, 0.1) is 24.2 Å². The number of hydrogen-bond acceptors (Lipinski definition) is 7. The zero-order valence-corrected chi connectivity index (χ0v) is 34.0. The van der Waals surface area contributed by atoms with E-state index in [1.54, 1.807) is 25.1 Å². The van der Waals surface area contributed by atoms with Gasteiger partial charge in [0.25, 0.3) is 0 Å². The van der Waals surface area contributed by atoms with E-state index in [0.717, 1.165) is 61.2 Å². The van der Waals surface area contributed by atoms with E-state index in [1.165, 1.54) is 56.9 Å². The van der Waals surface area contributed by atoms with Crippen LogP contribution in [0.25, 0.3) is 22.1 Å². The van der Waals surface area contributed by atoms with Gasteiger partial charge in [-0.3, -0.25) is 4.79 Å². The SMILES string of the molecule is Cc1oc2cc(OCC(=O)O[C@H]3CC[C@@]4(C)C(=CC[C@@H]5[C@H]6CC[C@@H]([C@@H](C)CCCC(C)C)[C@]6(C)CC[C@H]54)C3)ccc2c(=O)c1-c1ccc2c(c1)OCCCO2. The molecule has 7 heteroatoms. The molecule has 2 aromatic carbocycles. The van der Waals surface area contributed by atoms with E-state index in [0.29, 0.717) is 63.7 Å². The van der Waals surface area contributed by atoms with Crippen molar-refractivity contribution in [1.29, 1.82) is 0 Å². The Kier molecular flexibility index (Phi) is 10.6. The monoisotopic (exact) mass is 750 g/mol. The van der Waals surface area contributed by atoms with Crippen molar-refractivity contribution in [1.82, 2.24) is 0 Å². The Labute approximate surface area is 327 Å². The Morgan fingerprint density at radius 2 is 1.75 bits per heavy atom. The molecule has 0 bridgehead atoms. The molecule has 0 amide bonds. The Morgan fingerprint density at radius 1 is 0.927 bits per heavy atom. The van der Waals surface area contributed by atoms with Crippen molar-refractivity contribution in [2.75, 3.05) is 19.8 Å². The second kappa shape index (κ2) is 15.3. The molecule has 3 aromatic rings. The van der Waals surface area contributed by atoms with Crippen LogP contribution in [0.15, 0.2) is 57.3 Å². The Balaban J connectivity index is 0.878. The number of fused-ring (bicyclic) bond motifs is 7. The molecule has 2 heterocycles. The van der Waals surface area contributed by atoms with Gasteiger partial charge in [-0.25, -0.2) is 4.79 Å². The number of esters is 1. The van der Waals surface area contributed by atoms with Crippen molar-refractivity contribution >= 4 is 16.9 Å². The quantitative estimate of drug-likeness (QED) is 0.151. The number of carbonyl (C=O) groups excluding carboxylic acids is 1. The van der Waals surface area contributed by atoms with Crippen molar-refractivity contribution in [3.05, 3.63) is 64.0 Å². The summed E-state index contributed by atoms with van der Waals surface area (Å²) < 4.78 is 29.7. The zero-order chi connectivity index (χ0) is 38.5. The minimum atomic E-state index is -0.363. The summed E-state index contributed by atoms with van der Waals surface area (Å²) in [6.07, 6.45) is 16.9. The van der Waals surface area contributed by atoms with Gasteiger partial charge in [0, 0.05) is 18.9 Å². The maximum absolute atomic E-state index is 13.7. The minimum absolute atomic E-state index is 0.121. The summed E-state index contributed by atoms with van der Waals surface area (Å²) in [7, 11) is 0. The lowest BCUT2D eigenvalue weighted by molar-refractivity contribution is -0.153. The van der Waals surface area contributed by atoms with Crippen LogP contribution in [0.1, 0.15) is 117 Å². The predicted octanol–water partition coefficient (Wildman–Crippen LogP) is 11.3. The third kappa shape index (κ3) is 7.23. The minimum Gasteiger partial charge on any atom is -0.490 e. The lowest BCUT2D eigenvalue weighted by atomic mass is 9.47. The highest BCUT2D eigenvalue weighted by atomic mass is 16.6. The summed E-state index contributed by atoms with van der Waals surface area (Å²) in [5.74, 6) is 6.75. The van der Waals surface area contributed by atoms with Crippen LogP contribution < -0.4 is 19.6 Å². The Hall–Kier alpha value is -3.74. The van der Waals surface area contributed by atoms with Crippen LogP contribution in [0.4, 0.5) is 0 Å². The second-order valence-corrected chi connectivity index (χ2v) is 18.7. The van der Waals surface area contributed by atoms with Gasteiger partial charge < -0.3 is 23.4 Å². The molecule has 8 atom stereocenters. The fourth-order valence-corrected chi connectivity index (χ4v) is 12.1. The van der Waals surface area contributed by atoms with Crippen molar-refractivity contribution in [2.24, 2.45) is 46.3 Å². The first-order valence-electron chi connectivity index (χ1n) is 21.4. The molecule has 4 aliphatic carbocycles. The highest BCUT2D eigenvalue weighted by Gasteiger charge is 2.59. The molecule has 0 spiro atoms. The van der Waals surface area contributed by atoms with E-state index in [1.807, 2.05) is 18.2 Å². The molecule has 0 unspecified atom stereocenters. The van der Waals surface area contributed by atoms with E-state index < -0.39 is 0 Å². The molecule has 8 rings (SSSR count). The summed E-state index contributed by atoms with van der Waals surface area (Å²) >= 11 is 0. The highest BCUT2D eigenvalue weighted by Crippen LogP contribution is 2.67. The van der Waals surface area contributed by atoms with Gasteiger partial charge in [-0.05, 0) is 128 Å². The lowest BCUT2D eigenvalue weighted by Crippen LogP contribution is -2.51. The van der Waals surface area contributed by atoms with E-state index in [9.17, 15) is 9.59 Å². The van der Waals surface area contributed by atoms with Crippen molar-refractivity contribution in [3.8, 4) is 28.4 Å². The summed E-state index contributed by atoms with van der Waals surface area (Å²) in [5.41, 5.74) is 3.69. The molecule has 55 heavy (non-hydrogen) atoms. The van der Waals surface area contributed by atoms with E-state index in [2.05, 4.69) is 40.7 Å². The first-order chi connectivity index (χ1) is 26.4. The zero-order valence-electron chi connectivity index (χ0n) is 34.0. The standard InChI is InChI=1S/C48H62O7/c1-29(2)9-7-10-30(3)38-16-17-39-36-14-12-33-26-35(19-21-47(33,5)40(36)20-22-48(38,39)6)55-44(49)28-53-34-13-15-37-42(27-34)54-31(4)45(46(37)50)32-11-18-41-43(25-32)52-24-8-23-51-41/h11-13,15,18,25,27,29-30,35-36,38-40H,7-10,14,16-17,19-24,26,28H2,1-6H3/t30-,35-,36+,38-,39+,40+,47-,48-/m0/s1. The van der Waals surface area contributed by atoms with Crippen LogP contribution in [0.2, 0.25) is 0 Å². The van der Waals surface area contributed by atoms with Gasteiger partial charge in [-0.15, -0.1) is 0 Å². The summed E-state index contributed by atoms with van der Waals surface area (Å²) in [6.45, 7) is 15.2. The lowest BCUT2D eigenvalue weighted by Gasteiger charge is -2.58. The molecular formula is C48H62O7. The fourth-order valence-electron chi connectivity index (χ4n) is 12.1. The van der Waals surface area contributed by atoms with Crippen LogP contribution >= 0.6 is 0 Å². The molecule has 5 aliphatic rings. The highest BCUT2D eigenvalue weighted by molar-refractivity contribution is 5.84. The van der Waals surface area contributed by atoms with Gasteiger partial charge in [0.2, 0.25) is 5.43 Å². The van der Waals surface area contributed by atoms with Crippen LogP contribution in [-0.2, 0) is 9.53 Å². The second-order valence-electron chi connectivity index (χ2n) is 18.7. The molecule has 3 saturated carbocycles. The third-order valence-corrected chi connectivity index (χ3v) is 15.0. The fraction of sp³-hybridized carbons (Fsp3) is 0.625. The number of carbonyl (C=O) groups is 1. The van der Waals surface area contributed by atoms with Gasteiger partial charge in [-0.1, -0.05) is 71.6 Å². The van der Waals surface area contributed by atoms with E-state index >= 15 is 0 Å². The average Bonchev–Trinajstić information content (AvgIpc) is 3.34. The molecular weight excluding hydrogens is 689 g/mol. The predicted molar refractivity (Wildman–Crippen MR) is 217 cm³/mol. The summed E-state index contributed by atoms with van der Waals surface area (Å²) in [6, 6.07) is 10.6. The Morgan fingerprint density at radius 3 is 2.56 bits per heavy atom. The van der Waals surface area contributed by atoms with Crippen molar-refractivity contribution < 1.29 is 28.2 Å². The average molecular weight is 751 g/mol. The first kappa shape index (κ1) is 38.1. The normalized spacial score (nSPS) is 30.5. The van der Waals surface area contributed by atoms with Crippen LogP contribution in [0.5, 0.6) is 17.2 Å². The topological polar surface area (TPSA) is 84.2 Å².